The molecule has 0 aliphatic rings. The Labute approximate surface area is 308 Å². The van der Waals surface area contributed by atoms with Crippen molar-refractivity contribution in [3.05, 3.63) is 163 Å². The van der Waals surface area contributed by atoms with Crippen LogP contribution in [0.5, 0.6) is 0 Å². The van der Waals surface area contributed by atoms with Gasteiger partial charge in [0, 0.05) is 18.6 Å². The van der Waals surface area contributed by atoms with E-state index in [1.165, 1.54) is 16.7 Å². The number of nitrogens with zero attached hydrogens (tertiary/aromatic N) is 3. The summed E-state index contributed by atoms with van der Waals surface area (Å²) in [5.41, 5.74) is 10.5. The molecule has 49 heavy (non-hydrogen) atoms. The van der Waals surface area contributed by atoms with Gasteiger partial charge in [0.15, 0.2) is 0 Å². The van der Waals surface area contributed by atoms with Gasteiger partial charge in [0.2, 0.25) is 0 Å². The van der Waals surface area contributed by atoms with E-state index in [-0.39, 0.29) is 36.4 Å². The van der Waals surface area contributed by atoms with Crippen molar-refractivity contribution < 1.29 is 20.1 Å². The van der Waals surface area contributed by atoms with E-state index in [1.807, 2.05) is 91.4 Å². The quantitative estimate of drug-likeness (QED) is 0.167. The largest absolute Gasteiger partial charge is 3.00 e. The van der Waals surface area contributed by atoms with Crippen LogP contribution in [0.3, 0.4) is 0 Å². The summed E-state index contributed by atoms with van der Waals surface area (Å²) in [4.78, 5) is 13.2. The number of hydrogen-bond acceptors (Lipinski definition) is 3. The summed E-state index contributed by atoms with van der Waals surface area (Å²) in [6.45, 7) is 19.9. The van der Waals surface area contributed by atoms with Gasteiger partial charge in [-0.05, 0) is 68.2 Å². The Morgan fingerprint density at radius 3 is 0.857 bits per heavy atom. The van der Waals surface area contributed by atoms with Crippen LogP contribution in [0.15, 0.2) is 128 Å². The minimum Gasteiger partial charge on any atom is -0.305 e. The fraction of sp³-hybridized carbons (Fsp3) is 0.267. The maximum atomic E-state index is 4.39. The third-order valence-electron chi connectivity index (χ3n) is 7.83. The van der Waals surface area contributed by atoms with Crippen LogP contribution >= 0.6 is 0 Å². The molecule has 0 aliphatic heterocycles. The van der Waals surface area contributed by atoms with Crippen LogP contribution < -0.4 is 0 Å². The van der Waals surface area contributed by atoms with Gasteiger partial charge in [-0.15, -0.1) is 108 Å². The molecule has 252 valence electrons. The first-order valence-electron chi connectivity index (χ1n) is 16.5. The molecule has 0 fully saturated rings. The maximum Gasteiger partial charge on any atom is 3.00 e. The van der Waals surface area contributed by atoms with Gasteiger partial charge in [0.25, 0.3) is 0 Å². The van der Waals surface area contributed by atoms with Gasteiger partial charge in [-0.1, -0.05) is 80.5 Å². The van der Waals surface area contributed by atoms with E-state index in [0.717, 1.165) is 33.8 Å². The smallest absolute Gasteiger partial charge is 0.305 e. The summed E-state index contributed by atoms with van der Waals surface area (Å²) in [5, 5.41) is 0. The first-order valence-corrected chi connectivity index (χ1v) is 16.5. The van der Waals surface area contributed by atoms with Crippen molar-refractivity contribution in [1.29, 1.82) is 0 Å². The first kappa shape index (κ1) is 39.2. The maximum absolute atomic E-state index is 4.39. The van der Waals surface area contributed by atoms with Crippen LogP contribution in [0, 0.1) is 18.2 Å². The number of hydrogen-bond donors (Lipinski definition) is 0. The SMILES string of the molecule is CC(C)(C)c1ccnc(-c2[c-]cccc2)c1.CC(C)(C)c1ccnc(-c2[c-]cccc2)c1.CC(C)(C)c1ccnc(-c2[c-]cccc2)c1.[Ir+3]. The Bertz CT molecular complexity index is 1630. The Kier molecular flexibility index (Phi) is 13.9. The molecule has 0 N–H and O–H groups in total. The summed E-state index contributed by atoms with van der Waals surface area (Å²) >= 11 is 0. The molecule has 0 saturated heterocycles. The van der Waals surface area contributed by atoms with Gasteiger partial charge in [0.1, 0.15) is 0 Å². The predicted molar refractivity (Wildman–Crippen MR) is 202 cm³/mol. The fourth-order valence-electron chi connectivity index (χ4n) is 4.79. The van der Waals surface area contributed by atoms with Gasteiger partial charge in [-0.3, -0.25) is 0 Å². The molecule has 3 aromatic carbocycles. The van der Waals surface area contributed by atoms with Crippen LogP contribution in [-0.2, 0) is 36.4 Å². The van der Waals surface area contributed by atoms with Crippen molar-refractivity contribution >= 4 is 0 Å². The summed E-state index contributed by atoms with van der Waals surface area (Å²) in [7, 11) is 0. The van der Waals surface area contributed by atoms with Gasteiger partial charge in [-0.2, -0.15) is 0 Å². The molecule has 0 spiro atoms. The molecule has 4 heteroatoms. The van der Waals surface area contributed by atoms with E-state index in [0.29, 0.717) is 0 Å². The number of rotatable bonds is 3. The zero-order valence-corrected chi connectivity index (χ0v) is 32.7. The Morgan fingerprint density at radius 2 is 0.653 bits per heavy atom. The molecule has 0 unspecified atom stereocenters. The Balaban J connectivity index is 0.000000197. The average Bonchev–Trinajstić information content (AvgIpc) is 3.09. The minimum atomic E-state index is 0. The van der Waals surface area contributed by atoms with Crippen molar-refractivity contribution in [2.75, 3.05) is 0 Å². The van der Waals surface area contributed by atoms with Crippen molar-refractivity contribution in [3.8, 4) is 33.8 Å². The minimum absolute atomic E-state index is 0. The molecular weight excluding hydrogens is 775 g/mol. The molecule has 3 nitrogen and oxygen atoms in total. The van der Waals surface area contributed by atoms with E-state index in [2.05, 4.69) is 132 Å². The zero-order valence-electron chi connectivity index (χ0n) is 30.3. The van der Waals surface area contributed by atoms with Crippen LogP contribution in [0.25, 0.3) is 33.8 Å². The van der Waals surface area contributed by atoms with Crippen molar-refractivity contribution in [3.63, 3.8) is 0 Å². The second kappa shape index (κ2) is 17.4. The third kappa shape index (κ3) is 12.0. The molecule has 6 rings (SSSR count). The second-order valence-electron chi connectivity index (χ2n) is 14.9. The summed E-state index contributed by atoms with van der Waals surface area (Å²) in [6.07, 6.45) is 5.62. The normalized spacial score (nSPS) is 11.2. The topological polar surface area (TPSA) is 38.7 Å². The van der Waals surface area contributed by atoms with Crippen LogP contribution in [-0.4, -0.2) is 15.0 Å². The number of pyridine rings is 3. The van der Waals surface area contributed by atoms with Crippen LogP contribution in [0.1, 0.15) is 79.0 Å². The molecular formula is C45H48IrN3. The monoisotopic (exact) mass is 823 g/mol. The van der Waals surface area contributed by atoms with E-state index in [1.54, 1.807) is 0 Å². The van der Waals surface area contributed by atoms with E-state index < -0.39 is 0 Å². The molecule has 3 heterocycles. The summed E-state index contributed by atoms with van der Waals surface area (Å²) in [6, 6.07) is 46.1. The molecule has 0 radical (unpaired) electrons. The van der Waals surface area contributed by atoms with Gasteiger partial charge >= 0.3 is 20.1 Å². The average molecular weight is 823 g/mol. The Morgan fingerprint density at radius 1 is 0.388 bits per heavy atom. The second-order valence-corrected chi connectivity index (χ2v) is 14.9. The first-order chi connectivity index (χ1) is 22.7. The van der Waals surface area contributed by atoms with Crippen molar-refractivity contribution in [2.24, 2.45) is 0 Å². The molecule has 0 aliphatic carbocycles. The fourth-order valence-corrected chi connectivity index (χ4v) is 4.79. The van der Waals surface area contributed by atoms with Gasteiger partial charge in [-0.25, -0.2) is 0 Å². The van der Waals surface area contributed by atoms with E-state index in [4.69, 9.17) is 0 Å². The van der Waals surface area contributed by atoms with Gasteiger partial charge in [0.05, 0.1) is 0 Å². The molecule has 3 aromatic heterocycles. The molecule has 0 saturated carbocycles. The summed E-state index contributed by atoms with van der Waals surface area (Å²) < 4.78 is 0. The zero-order chi connectivity index (χ0) is 34.8. The molecule has 0 atom stereocenters. The standard InChI is InChI=1S/3C15H16N.Ir/c3*1-15(2,3)13-9-10-16-14(11-13)12-7-5-4-6-8-12;/h3*4-7,9-11H,1-3H3;/q3*-1;+3. The van der Waals surface area contributed by atoms with Crippen LogP contribution in [0.2, 0.25) is 0 Å². The van der Waals surface area contributed by atoms with Crippen molar-refractivity contribution in [2.45, 2.75) is 78.6 Å². The third-order valence-corrected chi connectivity index (χ3v) is 7.83. The summed E-state index contributed by atoms with van der Waals surface area (Å²) in [5.74, 6) is 0. The molecule has 0 amide bonds. The van der Waals surface area contributed by atoms with Crippen LogP contribution in [0.4, 0.5) is 0 Å². The van der Waals surface area contributed by atoms with Crippen molar-refractivity contribution in [1.82, 2.24) is 15.0 Å². The molecule has 0 bridgehead atoms. The Hall–Kier alpha value is -4.24. The predicted octanol–water partition coefficient (Wildman–Crippen LogP) is 11.5. The van der Waals surface area contributed by atoms with Gasteiger partial charge < -0.3 is 15.0 Å². The number of benzene rings is 3. The number of aromatic nitrogens is 3. The van der Waals surface area contributed by atoms with E-state index >= 15 is 0 Å². The molecule has 6 aromatic rings. The van der Waals surface area contributed by atoms with E-state index in [9.17, 15) is 0 Å².